The molecule has 0 radical (unpaired) electrons. The number of halogens is 1. The highest BCUT2D eigenvalue weighted by molar-refractivity contribution is 6.30. The number of ether oxygens (including phenoxy) is 1. The Kier molecular flexibility index (Phi) is 8.02. The van der Waals surface area contributed by atoms with Gasteiger partial charge < -0.3 is 19.9 Å². The van der Waals surface area contributed by atoms with Gasteiger partial charge in [0.1, 0.15) is 5.82 Å². The number of carbonyl (C=O) groups is 1. The Morgan fingerprint density at radius 1 is 1.24 bits per heavy atom. The molecule has 1 saturated heterocycles. The molecule has 0 unspecified atom stereocenters. The number of likely N-dealkylation sites (tertiary alicyclic amines) is 1. The first-order chi connectivity index (χ1) is 16.0. The van der Waals surface area contributed by atoms with Gasteiger partial charge in [-0.05, 0) is 55.5 Å². The first kappa shape index (κ1) is 23.7. The maximum atomic E-state index is 13.1. The van der Waals surface area contributed by atoms with Gasteiger partial charge in [-0.15, -0.1) is 0 Å². The third kappa shape index (κ3) is 5.94. The molecule has 2 N–H and O–H groups in total. The molecule has 0 bridgehead atoms. The van der Waals surface area contributed by atoms with Crippen LogP contribution >= 0.6 is 11.6 Å². The minimum absolute atomic E-state index is 0.128. The van der Waals surface area contributed by atoms with Crippen LogP contribution in [0.5, 0.6) is 0 Å². The van der Waals surface area contributed by atoms with Crippen LogP contribution in [0.3, 0.4) is 0 Å². The fourth-order valence-corrected chi connectivity index (χ4v) is 4.90. The number of nitrogens with zero attached hydrogens (tertiary/aromatic N) is 3. The lowest BCUT2D eigenvalue weighted by atomic mass is 9.96. The highest BCUT2D eigenvalue weighted by Crippen LogP contribution is 2.30. The van der Waals surface area contributed by atoms with E-state index in [-0.39, 0.29) is 17.9 Å². The standard InChI is InChI=1S/C26H33ClN4O2/c1-33-15-5-14-31-24-8-3-2-7-23(24)29-26(31)20-6-4-13-30(18-20)25(32)17-22(28)16-19-9-11-21(27)12-10-19/h2-3,7-12,20,22H,4-6,13-18,28H2,1H3/t20-,22+/m0/s1. The number of hydrogen-bond donors (Lipinski definition) is 1. The van der Waals surface area contributed by atoms with E-state index in [2.05, 4.69) is 22.8 Å². The fourth-order valence-electron chi connectivity index (χ4n) is 4.77. The molecule has 0 saturated carbocycles. The molecular weight excluding hydrogens is 436 g/mol. The number of imidazole rings is 1. The molecule has 1 aromatic heterocycles. The Morgan fingerprint density at radius 2 is 2.03 bits per heavy atom. The Bertz CT molecular complexity index is 1070. The number of piperidine rings is 1. The summed E-state index contributed by atoms with van der Waals surface area (Å²) in [5, 5.41) is 0.705. The van der Waals surface area contributed by atoms with Gasteiger partial charge in [0.15, 0.2) is 0 Å². The lowest BCUT2D eigenvalue weighted by Crippen LogP contribution is -2.42. The third-order valence-corrected chi connectivity index (χ3v) is 6.65. The largest absolute Gasteiger partial charge is 0.385 e. The van der Waals surface area contributed by atoms with Gasteiger partial charge in [0, 0.05) is 56.8 Å². The van der Waals surface area contributed by atoms with Crippen molar-refractivity contribution in [3.8, 4) is 0 Å². The van der Waals surface area contributed by atoms with Crippen molar-refractivity contribution in [2.24, 2.45) is 5.73 Å². The van der Waals surface area contributed by atoms with Gasteiger partial charge in [-0.1, -0.05) is 35.9 Å². The first-order valence-electron chi connectivity index (χ1n) is 11.8. The number of aromatic nitrogens is 2. The zero-order chi connectivity index (χ0) is 23.2. The zero-order valence-corrected chi connectivity index (χ0v) is 20.0. The molecule has 3 aromatic rings. The van der Waals surface area contributed by atoms with Gasteiger partial charge in [-0.25, -0.2) is 4.98 Å². The Morgan fingerprint density at radius 3 is 2.82 bits per heavy atom. The van der Waals surface area contributed by atoms with E-state index in [9.17, 15) is 4.79 Å². The number of fused-ring (bicyclic) bond motifs is 1. The highest BCUT2D eigenvalue weighted by Gasteiger charge is 2.29. The monoisotopic (exact) mass is 468 g/mol. The van der Waals surface area contributed by atoms with Crippen molar-refractivity contribution < 1.29 is 9.53 Å². The fraction of sp³-hybridized carbons (Fsp3) is 0.462. The number of benzene rings is 2. The summed E-state index contributed by atoms with van der Waals surface area (Å²) in [7, 11) is 1.73. The van der Waals surface area contributed by atoms with E-state index >= 15 is 0 Å². The van der Waals surface area contributed by atoms with Crippen LogP contribution in [0, 0.1) is 0 Å². The molecule has 0 aliphatic carbocycles. The van der Waals surface area contributed by atoms with Crippen LogP contribution in [0.2, 0.25) is 5.02 Å². The number of amides is 1. The van der Waals surface area contributed by atoms with E-state index in [0.717, 1.165) is 54.8 Å². The number of rotatable bonds is 9. The number of aryl methyl sites for hydroxylation is 1. The number of para-hydroxylation sites is 2. The van der Waals surface area contributed by atoms with Crippen LogP contribution in [-0.2, 0) is 22.5 Å². The number of nitrogens with two attached hydrogens (primary N) is 1. The lowest BCUT2D eigenvalue weighted by Gasteiger charge is -2.33. The molecule has 2 heterocycles. The van der Waals surface area contributed by atoms with Crippen molar-refractivity contribution in [3.63, 3.8) is 0 Å². The van der Waals surface area contributed by atoms with Gasteiger partial charge in [0.2, 0.25) is 5.91 Å². The van der Waals surface area contributed by atoms with Crippen LogP contribution in [0.4, 0.5) is 0 Å². The molecule has 1 fully saturated rings. The minimum atomic E-state index is -0.210. The van der Waals surface area contributed by atoms with Crippen LogP contribution in [0.15, 0.2) is 48.5 Å². The van der Waals surface area contributed by atoms with Crippen molar-refractivity contribution >= 4 is 28.5 Å². The van der Waals surface area contributed by atoms with Gasteiger partial charge in [0.25, 0.3) is 0 Å². The molecular formula is C26H33ClN4O2. The summed E-state index contributed by atoms with van der Waals surface area (Å²) in [6, 6.07) is 15.7. The summed E-state index contributed by atoms with van der Waals surface area (Å²) in [5.74, 6) is 1.43. The molecule has 1 aliphatic heterocycles. The summed E-state index contributed by atoms with van der Waals surface area (Å²) in [4.78, 5) is 20.0. The van der Waals surface area contributed by atoms with E-state index in [1.807, 2.05) is 35.2 Å². The summed E-state index contributed by atoms with van der Waals surface area (Å²) in [5.41, 5.74) is 9.59. The smallest absolute Gasteiger partial charge is 0.224 e. The molecule has 0 spiro atoms. The van der Waals surface area contributed by atoms with E-state index in [1.54, 1.807) is 7.11 Å². The molecule has 6 nitrogen and oxygen atoms in total. The second kappa shape index (κ2) is 11.1. The number of hydrogen-bond acceptors (Lipinski definition) is 4. The lowest BCUT2D eigenvalue weighted by molar-refractivity contribution is -0.132. The van der Waals surface area contributed by atoms with Gasteiger partial charge in [-0.2, -0.15) is 0 Å². The van der Waals surface area contributed by atoms with Crippen LogP contribution < -0.4 is 5.73 Å². The van der Waals surface area contributed by atoms with E-state index in [4.69, 9.17) is 27.1 Å². The predicted octanol–water partition coefficient (Wildman–Crippen LogP) is 4.39. The molecule has 2 atom stereocenters. The summed E-state index contributed by atoms with van der Waals surface area (Å²) >= 11 is 5.97. The quantitative estimate of drug-likeness (QED) is 0.472. The van der Waals surface area contributed by atoms with Gasteiger partial charge in [0.05, 0.1) is 11.0 Å². The SMILES string of the molecule is COCCCn1c([C@H]2CCCN(C(=O)C[C@H](N)Cc3ccc(Cl)cc3)C2)nc2ccccc21. The summed E-state index contributed by atoms with van der Waals surface area (Å²) in [6.07, 6.45) is 3.95. The van der Waals surface area contributed by atoms with Crippen molar-refractivity contribution in [3.05, 3.63) is 64.9 Å². The normalized spacial score (nSPS) is 17.4. The van der Waals surface area contributed by atoms with E-state index in [1.165, 1.54) is 0 Å². The average Bonchev–Trinajstić information content (AvgIpc) is 3.19. The van der Waals surface area contributed by atoms with Crippen molar-refractivity contribution in [1.29, 1.82) is 0 Å². The highest BCUT2D eigenvalue weighted by atomic mass is 35.5. The Hall–Kier alpha value is -2.41. The predicted molar refractivity (Wildman–Crippen MR) is 133 cm³/mol. The summed E-state index contributed by atoms with van der Waals surface area (Å²) < 4.78 is 7.59. The van der Waals surface area contributed by atoms with Crippen LogP contribution in [0.25, 0.3) is 11.0 Å². The summed E-state index contributed by atoms with van der Waals surface area (Å²) in [6.45, 7) is 3.06. The van der Waals surface area contributed by atoms with Crippen molar-refractivity contribution in [2.45, 2.75) is 50.6 Å². The Balaban J connectivity index is 1.43. The molecule has 2 aromatic carbocycles. The third-order valence-electron chi connectivity index (χ3n) is 6.40. The zero-order valence-electron chi connectivity index (χ0n) is 19.3. The molecule has 1 amide bonds. The van der Waals surface area contributed by atoms with Gasteiger partial charge >= 0.3 is 0 Å². The van der Waals surface area contributed by atoms with Crippen molar-refractivity contribution in [2.75, 3.05) is 26.8 Å². The van der Waals surface area contributed by atoms with Gasteiger partial charge in [-0.3, -0.25) is 4.79 Å². The van der Waals surface area contributed by atoms with E-state index < -0.39 is 0 Å². The second-order valence-electron chi connectivity index (χ2n) is 8.93. The molecule has 4 rings (SSSR count). The maximum absolute atomic E-state index is 13.1. The minimum Gasteiger partial charge on any atom is -0.385 e. The molecule has 176 valence electrons. The first-order valence-corrected chi connectivity index (χ1v) is 12.1. The number of carbonyl (C=O) groups excluding carboxylic acids is 1. The average molecular weight is 469 g/mol. The van der Waals surface area contributed by atoms with Crippen LogP contribution in [0.1, 0.15) is 43.0 Å². The maximum Gasteiger partial charge on any atom is 0.224 e. The molecule has 7 heteroatoms. The van der Waals surface area contributed by atoms with E-state index in [0.29, 0.717) is 31.0 Å². The number of methoxy groups -OCH3 is 1. The topological polar surface area (TPSA) is 73.4 Å². The Labute approximate surface area is 200 Å². The van der Waals surface area contributed by atoms with Crippen LogP contribution in [-0.4, -0.2) is 53.2 Å². The molecule has 33 heavy (non-hydrogen) atoms. The molecule has 1 aliphatic rings. The second-order valence-corrected chi connectivity index (χ2v) is 9.37. The van der Waals surface area contributed by atoms with Crippen molar-refractivity contribution in [1.82, 2.24) is 14.5 Å².